The number of hydrogen-bond acceptors (Lipinski definition) is 1. The molecule has 1 aromatic carbocycles. The van der Waals surface area contributed by atoms with E-state index in [1.807, 2.05) is 6.92 Å². The molecular weight excluding hydrogens is 235 g/mol. The van der Waals surface area contributed by atoms with Gasteiger partial charge in [0.15, 0.2) is 0 Å². The molecule has 0 saturated heterocycles. The Labute approximate surface area is 84.7 Å². The van der Waals surface area contributed by atoms with Crippen molar-refractivity contribution >= 4 is 15.9 Å². The van der Waals surface area contributed by atoms with Gasteiger partial charge in [-0.25, -0.2) is 4.39 Å². The van der Waals surface area contributed by atoms with Crippen molar-refractivity contribution in [2.75, 3.05) is 0 Å². The number of halogens is 2. The van der Waals surface area contributed by atoms with Crippen LogP contribution in [0.25, 0.3) is 0 Å². The second kappa shape index (κ2) is 2.79. The first kappa shape index (κ1) is 9.16. The van der Waals surface area contributed by atoms with Crippen molar-refractivity contribution in [3.8, 4) is 0 Å². The summed E-state index contributed by atoms with van der Waals surface area (Å²) in [7, 11) is 0. The Balaban J connectivity index is 2.38. The van der Waals surface area contributed by atoms with Crippen LogP contribution in [0.4, 0.5) is 4.39 Å². The van der Waals surface area contributed by atoms with E-state index >= 15 is 0 Å². The summed E-state index contributed by atoms with van der Waals surface area (Å²) in [5.41, 5.74) is -0.0950. The maximum Gasteiger partial charge on any atom is 0.137 e. The SMILES string of the molecule is CC1CC1(O)c1ccc(Br)c(F)c1. The number of aliphatic hydroxyl groups is 1. The van der Waals surface area contributed by atoms with Crippen LogP contribution in [0.2, 0.25) is 0 Å². The lowest BCUT2D eigenvalue weighted by Crippen LogP contribution is -2.07. The summed E-state index contributed by atoms with van der Waals surface area (Å²) in [6, 6.07) is 4.79. The molecule has 0 amide bonds. The Morgan fingerprint density at radius 2 is 2.23 bits per heavy atom. The van der Waals surface area contributed by atoms with E-state index in [9.17, 15) is 9.50 Å². The Morgan fingerprint density at radius 3 is 2.69 bits per heavy atom. The van der Waals surface area contributed by atoms with Crippen molar-refractivity contribution in [2.24, 2.45) is 5.92 Å². The van der Waals surface area contributed by atoms with Crippen molar-refractivity contribution in [3.05, 3.63) is 34.1 Å². The third kappa shape index (κ3) is 1.40. The zero-order chi connectivity index (χ0) is 9.64. The fourth-order valence-corrected chi connectivity index (χ4v) is 1.82. The van der Waals surface area contributed by atoms with Gasteiger partial charge in [0, 0.05) is 0 Å². The molecule has 1 aliphatic rings. The summed E-state index contributed by atoms with van der Waals surface area (Å²) >= 11 is 3.07. The van der Waals surface area contributed by atoms with Crippen molar-refractivity contribution in [1.29, 1.82) is 0 Å². The fraction of sp³-hybridized carbons (Fsp3) is 0.400. The first-order valence-corrected chi connectivity index (χ1v) is 5.01. The highest BCUT2D eigenvalue weighted by molar-refractivity contribution is 9.10. The van der Waals surface area contributed by atoms with E-state index in [0.29, 0.717) is 10.0 Å². The molecule has 0 aromatic heterocycles. The molecule has 1 aliphatic carbocycles. The summed E-state index contributed by atoms with van der Waals surface area (Å²) in [4.78, 5) is 0. The molecule has 70 valence electrons. The van der Waals surface area contributed by atoms with Crippen LogP contribution in [-0.4, -0.2) is 5.11 Å². The second-order valence-corrected chi connectivity index (χ2v) is 4.51. The highest BCUT2D eigenvalue weighted by atomic mass is 79.9. The Kier molecular flexibility index (Phi) is 1.96. The summed E-state index contributed by atoms with van der Waals surface area (Å²) in [5, 5.41) is 9.90. The fourth-order valence-electron chi connectivity index (χ4n) is 1.58. The van der Waals surface area contributed by atoms with Crippen molar-refractivity contribution < 1.29 is 9.50 Å². The third-order valence-corrected chi connectivity index (χ3v) is 3.34. The minimum Gasteiger partial charge on any atom is -0.385 e. The maximum atomic E-state index is 13.1. The van der Waals surface area contributed by atoms with Gasteiger partial charge < -0.3 is 5.11 Å². The molecule has 1 nitrogen and oxygen atoms in total. The van der Waals surface area contributed by atoms with Crippen LogP contribution < -0.4 is 0 Å². The van der Waals surface area contributed by atoms with Crippen molar-refractivity contribution in [2.45, 2.75) is 18.9 Å². The predicted octanol–water partition coefficient (Wildman–Crippen LogP) is 2.82. The molecule has 1 aromatic rings. The minimum absolute atomic E-state index is 0.244. The predicted molar refractivity (Wildman–Crippen MR) is 51.8 cm³/mol. The largest absolute Gasteiger partial charge is 0.385 e. The molecular formula is C10H10BrFO. The minimum atomic E-state index is -0.776. The van der Waals surface area contributed by atoms with Gasteiger partial charge in [-0.2, -0.15) is 0 Å². The average Bonchev–Trinajstić information content (AvgIpc) is 2.67. The highest BCUT2D eigenvalue weighted by Gasteiger charge is 2.51. The second-order valence-electron chi connectivity index (χ2n) is 3.66. The van der Waals surface area contributed by atoms with Crippen LogP contribution in [0.1, 0.15) is 18.9 Å². The van der Waals surface area contributed by atoms with Crippen LogP contribution >= 0.6 is 15.9 Å². The van der Waals surface area contributed by atoms with E-state index in [4.69, 9.17) is 0 Å². The van der Waals surface area contributed by atoms with Crippen LogP contribution in [-0.2, 0) is 5.60 Å². The molecule has 1 fully saturated rings. The summed E-state index contributed by atoms with van der Waals surface area (Å²) in [5.74, 6) is -0.0712. The smallest absolute Gasteiger partial charge is 0.137 e. The molecule has 0 bridgehead atoms. The standard InChI is InChI=1S/C10H10BrFO/c1-6-5-10(6,13)7-2-3-8(11)9(12)4-7/h2-4,6,13H,5H2,1H3. The van der Waals surface area contributed by atoms with Crippen LogP contribution in [0.15, 0.2) is 22.7 Å². The van der Waals surface area contributed by atoms with Gasteiger partial charge in [0.2, 0.25) is 0 Å². The van der Waals surface area contributed by atoms with Gasteiger partial charge in [0.25, 0.3) is 0 Å². The molecule has 2 unspecified atom stereocenters. The molecule has 2 rings (SSSR count). The molecule has 1 N–H and O–H groups in total. The molecule has 3 heteroatoms. The van der Waals surface area contributed by atoms with Crippen LogP contribution in [0.3, 0.4) is 0 Å². The normalized spacial score (nSPS) is 31.8. The van der Waals surface area contributed by atoms with Gasteiger partial charge in [0.05, 0.1) is 10.1 Å². The zero-order valence-electron chi connectivity index (χ0n) is 7.22. The molecule has 0 spiro atoms. The van der Waals surface area contributed by atoms with Crippen LogP contribution in [0, 0.1) is 11.7 Å². The van der Waals surface area contributed by atoms with Crippen molar-refractivity contribution in [1.82, 2.24) is 0 Å². The van der Waals surface area contributed by atoms with Crippen LogP contribution in [0.5, 0.6) is 0 Å². The number of rotatable bonds is 1. The molecule has 0 aliphatic heterocycles. The molecule has 0 radical (unpaired) electrons. The van der Waals surface area contributed by atoms with E-state index in [-0.39, 0.29) is 11.7 Å². The van der Waals surface area contributed by atoms with E-state index in [1.54, 1.807) is 12.1 Å². The van der Waals surface area contributed by atoms with Gasteiger partial charge in [-0.3, -0.25) is 0 Å². The lowest BCUT2D eigenvalue weighted by Gasteiger charge is -2.09. The summed E-state index contributed by atoms with van der Waals surface area (Å²) in [6.45, 7) is 1.96. The first-order valence-electron chi connectivity index (χ1n) is 4.22. The van der Waals surface area contributed by atoms with Gasteiger partial charge in [-0.15, -0.1) is 0 Å². The van der Waals surface area contributed by atoms with Gasteiger partial charge in [-0.1, -0.05) is 13.0 Å². The van der Waals surface area contributed by atoms with E-state index < -0.39 is 5.60 Å². The molecule has 1 saturated carbocycles. The van der Waals surface area contributed by atoms with Gasteiger partial charge in [-0.05, 0) is 46.0 Å². The van der Waals surface area contributed by atoms with Gasteiger partial charge in [0.1, 0.15) is 5.82 Å². The zero-order valence-corrected chi connectivity index (χ0v) is 8.81. The van der Waals surface area contributed by atoms with Gasteiger partial charge >= 0.3 is 0 Å². The molecule has 2 atom stereocenters. The van der Waals surface area contributed by atoms with Crippen molar-refractivity contribution in [3.63, 3.8) is 0 Å². The lowest BCUT2D eigenvalue weighted by atomic mass is 10.1. The Bertz CT molecular complexity index is 353. The molecule has 13 heavy (non-hydrogen) atoms. The highest BCUT2D eigenvalue weighted by Crippen LogP contribution is 2.51. The molecule has 0 heterocycles. The quantitative estimate of drug-likeness (QED) is 0.806. The Morgan fingerprint density at radius 1 is 1.62 bits per heavy atom. The van der Waals surface area contributed by atoms with E-state index in [0.717, 1.165) is 6.42 Å². The van der Waals surface area contributed by atoms with E-state index in [1.165, 1.54) is 6.07 Å². The maximum absolute atomic E-state index is 13.1. The van der Waals surface area contributed by atoms with E-state index in [2.05, 4.69) is 15.9 Å². The lowest BCUT2D eigenvalue weighted by molar-refractivity contribution is 0.134. The first-order chi connectivity index (χ1) is 6.04. The topological polar surface area (TPSA) is 20.2 Å². The third-order valence-electron chi connectivity index (χ3n) is 2.69. The summed E-state index contributed by atoms with van der Waals surface area (Å²) in [6.07, 6.45) is 0.730. The summed E-state index contributed by atoms with van der Waals surface area (Å²) < 4.78 is 13.5. The Hall–Kier alpha value is -0.410. The monoisotopic (exact) mass is 244 g/mol. The number of hydrogen-bond donors (Lipinski definition) is 1. The number of benzene rings is 1. The average molecular weight is 245 g/mol.